The summed E-state index contributed by atoms with van der Waals surface area (Å²) in [4.78, 5) is 17.9. The molecule has 1 aromatic heterocycles. The van der Waals surface area contributed by atoms with Crippen molar-refractivity contribution >= 4 is 6.09 Å². The number of β-amino-alcohol motifs (C(OH)–C–C–N with tert-alkyl or cyclic N) is 1. The van der Waals surface area contributed by atoms with Crippen LogP contribution in [0.1, 0.15) is 32.9 Å². The zero-order valence-electron chi connectivity index (χ0n) is 13.3. The van der Waals surface area contributed by atoms with Crippen LogP contribution in [0.25, 0.3) is 0 Å². The molecule has 2 atom stereocenters. The van der Waals surface area contributed by atoms with Crippen molar-refractivity contribution in [3.63, 3.8) is 0 Å². The highest BCUT2D eigenvalue weighted by Crippen LogP contribution is 2.34. The Kier molecular flexibility index (Phi) is 4.72. The number of hydrogen-bond donors (Lipinski definition) is 2. The van der Waals surface area contributed by atoms with Gasteiger partial charge in [0.2, 0.25) is 0 Å². The summed E-state index contributed by atoms with van der Waals surface area (Å²) in [6.07, 6.45) is 0.730. The van der Waals surface area contributed by atoms with E-state index >= 15 is 0 Å². The molecular weight excluding hydrogens is 284 g/mol. The standard InChI is InChI=1S/C16H24N2O4/c1-15(2,3)22-14(21)18-9-7-16(11-19,13(20)10-18)12-6-4-5-8-17-12/h4-6,8,13,19-20H,7,9-11H2,1-3H3/t13-,16-/m1/s1. The van der Waals surface area contributed by atoms with Gasteiger partial charge in [-0.2, -0.15) is 0 Å². The Morgan fingerprint density at radius 3 is 2.73 bits per heavy atom. The second-order valence-electron chi connectivity index (χ2n) is 6.72. The Hall–Kier alpha value is -1.66. The summed E-state index contributed by atoms with van der Waals surface area (Å²) in [5.74, 6) is 0. The van der Waals surface area contributed by atoms with Gasteiger partial charge in [0.1, 0.15) is 5.60 Å². The van der Waals surface area contributed by atoms with Gasteiger partial charge in [-0.3, -0.25) is 4.98 Å². The first-order chi connectivity index (χ1) is 10.3. The Morgan fingerprint density at radius 2 is 2.23 bits per heavy atom. The molecule has 0 radical (unpaired) electrons. The Balaban J connectivity index is 2.13. The molecule has 1 aromatic rings. The maximum atomic E-state index is 12.1. The predicted octanol–water partition coefficient (Wildman–Crippen LogP) is 1.31. The monoisotopic (exact) mass is 308 g/mol. The first-order valence-electron chi connectivity index (χ1n) is 7.47. The SMILES string of the molecule is CC(C)(C)OC(=O)N1CC[C@@](CO)(c2ccccn2)[C@H](O)C1. The molecule has 0 aliphatic carbocycles. The van der Waals surface area contributed by atoms with Gasteiger partial charge in [0.15, 0.2) is 0 Å². The molecule has 6 heteroatoms. The van der Waals surface area contributed by atoms with Crippen LogP contribution in [0.5, 0.6) is 0 Å². The summed E-state index contributed by atoms with van der Waals surface area (Å²) in [5, 5.41) is 20.4. The van der Waals surface area contributed by atoms with Gasteiger partial charge in [-0.1, -0.05) is 6.07 Å². The fourth-order valence-corrected chi connectivity index (χ4v) is 2.69. The van der Waals surface area contributed by atoms with Crippen LogP contribution in [0, 0.1) is 0 Å². The van der Waals surface area contributed by atoms with E-state index in [-0.39, 0.29) is 13.2 Å². The lowest BCUT2D eigenvalue weighted by Crippen LogP contribution is -2.57. The summed E-state index contributed by atoms with van der Waals surface area (Å²) in [5.41, 5.74) is -0.761. The largest absolute Gasteiger partial charge is 0.444 e. The van der Waals surface area contributed by atoms with Gasteiger partial charge in [0, 0.05) is 12.7 Å². The molecule has 22 heavy (non-hydrogen) atoms. The number of ether oxygens (including phenoxy) is 1. The van der Waals surface area contributed by atoms with E-state index in [0.717, 1.165) is 0 Å². The smallest absolute Gasteiger partial charge is 0.410 e. The second kappa shape index (κ2) is 6.22. The molecule has 2 heterocycles. The van der Waals surface area contributed by atoms with Crippen LogP contribution in [-0.2, 0) is 10.2 Å². The first-order valence-corrected chi connectivity index (χ1v) is 7.47. The fourth-order valence-electron chi connectivity index (χ4n) is 2.69. The topological polar surface area (TPSA) is 82.9 Å². The van der Waals surface area contributed by atoms with Gasteiger partial charge in [-0.15, -0.1) is 0 Å². The number of amides is 1. The minimum atomic E-state index is -0.895. The van der Waals surface area contributed by atoms with E-state index in [4.69, 9.17) is 4.74 Å². The number of likely N-dealkylation sites (tertiary alicyclic amines) is 1. The number of nitrogens with zero attached hydrogens (tertiary/aromatic N) is 2. The normalized spacial score (nSPS) is 25.9. The number of pyridine rings is 1. The van der Waals surface area contributed by atoms with E-state index in [2.05, 4.69) is 4.98 Å². The summed E-state index contributed by atoms with van der Waals surface area (Å²) < 4.78 is 5.33. The molecule has 122 valence electrons. The summed E-state index contributed by atoms with van der Waals surface area (Å²) in [7, 11) is 0. The predicted molar refractivity (Wildman–Crippen MR) is 81.4 cm³/mol. The summed E-state index contributed by atoms with van der Waals surface area (Å²) >= 11 is 0. The van der Waals surface area contributed by atoms with E-state index in [1.54, 1.807) is 39.1 Å². The van der Waals surface area contributed by atoms with E-state index in [1.807, 2.05) is 6.07 Å². The molecule has 0 spiro atoms. The maximum Gasteiger partial charge on any atom is 0.410 e. The fraction of sp³-hybridized carbons (Fsp3) is 0.625. The van der Waals surface area contributed by atoms with Crippen molar-refractivity contribution in [1.29, 1.82) is 0 Å². The Bertz CT molecular complexity index is 515. The minimum absolute atomic E-state index is 0.117. The highest BCUT2D eigenvalue weighted by atomic mass is 16.6. The number of hydrogen-bond acceptors (Lipinski definition) is 5. The Labute approximate surface area is 130 Å². The van der Waals surface area contributed by atoms with Crippen molar-refractivity contribution in [2.45, 2.75) is 44.3 Å². The molecule has 1 amide bonds. The molecule has 2 rings (SSSR count). The van der Waals surface area contributed by atoms with Crippen molar-refractivity contribution in [3.05, 3.63) is 30.1 Å². The van der Waals surface area contributed by atoms with Crippen LogP contribution < -0.4 is 0 Å². The lowest BCUT2D eigenvalue weighted by atomic mass is 9.74. The van der Waals surface area contributed by atoms with E-state index in [9.17, 15) is 15.0 Å². The van der Waals surface area contributed by atoms with Gasteiger partial charge < -0.3 is 19.8 Å². The molecule has 1 aliphatic rings. The first kappa shape index (κ1) is 16.7. The third-order valence-corrected chi connectivity index (χ3v) is 3.97. The third-order valence-electron chi connectivity index (χ3n) is 3.97. The second-order valence-corrected chi connectivity index (χ2v) is 6.72. The van der Waals surface area contributed by atoms with Crippen molar-refractivity contribution in [3.8, 4) is 0 Å². The van der Waals surface area contributed by atoms with Crippen molar-refractivity contribution < 1.29 is 19.7 Å². The van der Waals surface area contributed by atoms with Gasteiger partial charge in [-0.25, -0.2) is 4.79 Å². The highest BCUT2D eigenvalue weighted by molar-refractivity contribution is 5.68. The van der Waals surface area contributed by atoms with Gasteiger partial charge >= 0.3 is 6.09 Å². The average molecular weight is 308 g/mol. The van der Waals surface area contributed by atoms with Gasteiger partial charge in [-0.05, 0) is 39.3 Å². The Morgan fingerprint density at radius 1 is 1.50 bits per heavy atom. The van der Waals surface area contributed by atoms with E-state index < -0.39 is 23.2 Å². The van der Waals surface area contributed by atoms with Crippen LogP contribution in [0.15, 0.2) is 24.4 Å². The molecule has 1 saturated heterocycles. The molecule has 0 aromatic carbocycles. The third kappa shape index (κ3) is 3.39. The number of aliphatic hydroxyl groups is 2. The average Bonchev–Trinajstić information content (AvgIpc) is 2.46. The van der Waals surface area contributed by atoms with Crippen molar-refractivity contribution in [2.75, 3.05) is 19.7 Å². The summed E-state index contributed by atoms with van der Waals surface area (Å²) in [6, 6.07) is 5.41. The number of piperidine rings is 1. The van der Waals surface area contributed by atoms with Crippen molar-refractivity contribution in [2.24, 2.45) is 0 Å². The summed E-state index contributed by atoms with van der Waals surface area (Å²) in [6.45, 7) is 5.72. The van der Waals surface area contributed by atoms with Crippen LogP contribution in [-0.4, -0.2) is 57.6 Å². The van der Waals surface area contributed by atoms with Crippen LogP contribution in [0.3, 0.4) is 0 Å². The zero-order chi connectivity index (χ0) is 16.4. The molecule has 2 N–H and O–H groups in total. The van der Waals surface area contributed by atoms with Crippen LogP contribution in [0.4, 0.5) is 4.79 Å². The van der Waals surface area contributed by atoms with Crippen LogP contribution in [0.2, 0.25) is 0 Å². The zero-order valence-corrected chi connectivity index (χ0v) is 13.3. The van der Waals surface area contributed by atoms with Gasteiger partial charge in [0.05, 0.1) is 30.4 Å². The quantitative estimate of drug-likeness (QED) is 0.861. The number of carbonyl (C=O) groups is 1. The maximum absolute atomic E-state index is 12.1. The van der Waals surface area contributed by atoms with Crippen LogP contribution >= 0.6 is 0 Å². The molecule has 0 saturated carbocycles. The number of carbonyl (C=O) groups excluding carboxylic acids is 1. The van der Waals surface area contributed by atoms with E-state index in [1.165, 1.54) is 4.90 Å². The highest BCUT2D eigenvalue weighted by Gasteiger charge is 2.46. The lowest BCUT2D eigenvalue weighted by molar-refractivity contribution is -0.0405. The molecule has 6 nitrogen and oxygen atoms in total. The molecule has 0 bridgehead atoms. The molecular formula is C16H24N2O4. The van der Waals surface area contributed by atoms with Crippen molar-refractivity contribution in [1.82, 2.24) is 9.88 Å². The molecule has 0 unspecified atom stereocenters. The lowest BCUT2D eigenvalue weighted by Gasteiger charge is -2.44. The van der Waals surface area contributed by atoms with Gasteiger partial charge in [0.25, 0.3) is 0 Å². The number of aliphatic hydroxyl groups excluding tert-OH is 2. The number of aromatic nitrogens is 1. The molecule has 1 fully saturated rings. The molecule has 1 aliphatic heterocycles. The number of rotatable bonds is 2. The minimum Gasteiger partial charge on any atom is -0.444 e. The van der Waals surface area contributed by atoms with E-state index in [0.29, 0.717) is 18.7 Å².